The molecule has 102 valence electrons. The molecule has 0 amide bonds. The van der Waals surface area contributed by atoms with Crippen molar-refractivity contribution in [3.8, 4) is 0 Å². The van der Waals surface area contributed by atoms with E-state index >= 15 is 0 Å². The molecule has 19 heavy (non-hydrogen) atoms. The molecule has 1 N–H and O–H groups in total. The van der Waals surface area contributed by atoms with E-state index in [9.17, 15) is 0 Å². The van der Waals surface area contributed by atoms with Gasteiger partial charge in [0.25, 0.3) is 0 Å². The summed E-state index contributed by atoms with van der Waals surface area (Å²) < 4.78 is 0. The smallest absolute Gasteiger partial charge is 0.0297 e. The van der Waals surface area contributed by atoms with Gasteiger partial charge in [-0.2, -0.15) is 11.8 Å². The van der Waals surface area contributed by atoms with Gasteiger partial charge in [-0.05, 0) is 42.5 Å². The van der Waals surface area contributed by atoms with Crippen LogP contribution in [-0.4, -0.2) is 18.1 Å². The van der Waals surface area contributed by atoms with Crippen molar-refractivity contribution in [3.05, 3.63) is 48.0 Å². The first-order valence-corrected chi connectivity index (χ1v) is 8.25. The third-order valence-electron chi connectivity index (χ3n) is 3.69. The van der Waals surface area contributed by atoms with E-state index in [-0.39, 0.29) is 0 Å². The lowest BCUT2D eigenvalue weighted by molar-refractivity contribution is 0.561. The maximum absolute atomic E-state index is 3.64. The Kier molecular flexibility index (Phi) is 5.29. The van der Waals surface area contributed by atoms with Gasteiger partial charge >= 0.3 is 0 Å². The number of thioether (sulfide) groups is 1. The summed E-state index contributed by atoms with van der Waals surface area (Å²) in [7, 11) is 0. The second-order valence-corrected chi connectivity index (χ2v) is 6.36. The van der Waals surface area contributed by atoms with Crippen molar-refractivity contribution >= 4 is 22.5 Å². The lowest BCUT2D eigenvalue weighted by Crippen LogP contribution is -2.22. The summed E-state index contributed by atoms with van der Waals surface area (Å²) in [4.78, 5) is 0. The summed E-state index contributed by atoms with van der Waals surface area (Å²) in [5, 5.41) is 7.06. The molecule has 0 aliphatic rings. The standard InChI is InChI=1S/C17H23NS/c1-13(19-3)11-12-18-14(2)16-10-6-8-15-7-4-5-9-17(15)16/h4-10,13-14,18H,11-12H2,1-3H3. The van der Waals surface area contributed by atoms with Crippen molar-refractivity contribution in [1.29, 1.82) is 0 Å². The van der Waals surface area contributed by atoms with E-state index in [4.69, 9.17) is 0 Å². The Morgan fingerprint density at radius 3 is 2.58 bits per heavy atom. The Hall–Kier alpha value is -0.990. The zero-order valence-electron chi connectivity index (χ0n) is 12.0. The number of rotatable bonds is 6. The lowest BCUT2D eigenvalue weighted by atomic mass is 9.99. The zero-order valence-corrected chi connectivity index (χ0v) is 12.8. The number of hydrogen-bond donors (Lipinski definition) is 1. The van der Waals surface area contributed by atoms with Crippen LogP contribution in [0, 0.1) is 0 Å². The molecule has 2 unspecified atom stereocenters. The topological polar surface area (TPSA) is 12.0 Å². The van der Waals surface area contributed by atoms with Gasteiger partial charge < -0.3 is 5.32 Å². The van der Waals surface area contributed by atoms with E-state index in [1.807, 2.05) is 11.8 Å². The van der Waals surface area contributed by atoms with E-state index in [2.05, 4.69) is 67.9 Å². The van der Waals surface area contributed by atoms with Crippen molar-refractivity contribution < 1.29 is 0 Å². The first kappa shape index (κ1) is 14.4. The van der Waals surface area contributed by atoms with Gasteiger partial charge in [0.05, 0.1) is 0 Å². The first-order valence-electron chi connectivity index (χ1n) is 6.96. The van der Waals surface area contributed by atoms with E-state index < -0.39 is 0 Å². The molecule has 0 heterocycles. The van der Waals surface area contributed by atoms with Gasteiger partial charge in [-0.1, -0.05) is 49.4 Å². The summed E-state index contributed by atoms with van der Waals surface area (Å²) in [6.07, 6.45) is 3.40. The molecule has 0 aliphatic carbocycles. The van der Waals surface area contributed by atoms with Crippen LogP contribution >= 0.6 is 11.8 Å². The highest BCUT2D eigenvalue weighted by Crippen LogP contribution is 2.24. The van der Waals surface area contributed by atoms with Crippen LogP contribution in [0.3, 0.4) is 0 Å². The molecule has 0 saturated heterocycles. The fourth-order valence-corrected chi connectivity index (χ4v) is 2.71. The van der Waals surface area contributed by atoms with Crippen molar-refractivity contribution in [3.63, 3.8) is 0 Å². The second kappa shape index (κ2) is 6.97. The van der Waals surface area contributed by atoms with E-state index in [0.29, 0.717) is 6.04 Å². The second-order valence-electron chi connectivity index (χ2n) is 5.08. The monoisotopic (exact) mass is 273 g/mol. The minimum atomic E-state index is 0.403. The van der Waals surface area contributed by atoms with Crippen molar-refractivity contribution in [2.45, 2.75) is 31.6 Å². The van der Waals surface area contributed by atoms with Gasteiger partial charge in [-0.3, -0.25) is 0 Å². The molecule has 2 heteroatoms. The summed E-state index contributed by atoms with van der Waals surface area (Å²) in [5.74, 6) is 0. The van der Waals surface area contributed by atoms with Crippen LogP contribution in [0.1, 0.15) is 31.9 Å². The summed E-state index contributed by atoms with van der Waals surface area (Å²) >= 11 is 1.93. The average Bonchev–Trinajstić information content (AvgIpc) is 2.46. The number of benzene rings is 2. The van der Waals surface area contributed by atoms with Crippen LogP contribution in [0.4, 0.5) is 0 Å². The molecular weight excluding hydrogens is 250 g/mol. The van der Waals surface area contributed by atoms with E-state index in [1.54, 1.807) is 0 Å². The molecule has 0 radical (unpaired) electrons. The van der Waals surface area contributed by atoms with E-state index in [1.165, 1.54) is 22.8 Å². The van der Waals surface area contributed by atoms with Gasteiger partial charge in [-0.25, -0.2) is 0 Å². The third-order valence-corrected chi connectivity index (χ3v) is 4.73. The Labute approximate surface area is 120 Å². The molecule has 0 aliphatic heterocycles. The Morgan fingerprint density at radius 2 is 1.79 bits per heavy atom. The first-order chi connectivity index (χ1) is 9.22. The Bertz CT molecular complexity index is 518. The highest BCUT2D eigenvalue weighted by molar-refractivity contribution is 7.99. The maximum Gasteiger partial charge on any atom is 0.0297 e. The third kappa shape index (κ3) is 3.74. The van der Waals surface area contributed by atoms with Gasteiger partial charge in [0.15, 0.2) is 0 Å². The molecule has 0 spiro atoms. The molecule has 1 nitrogen and oxygen atoms in total. The molecule has 0 aromatic heterocycles. The molecule has 0 fully saturated rings. The van der Waals surface area contributed by atoms with Crippen LogP contribution in [-0.2, 0) is 0 Å². The zero-order chi connectivity index (χ0) is 13.7. The minimum Gasteiger partial charge on any atom is -0.310 e. The van der Waals surface area contributed by atoms with Crippen molar-refractivity contribution in [2.75, 3.05) is 12.8 Å². The highest BCUT2D eigenvalue weighted by Gasteiger charge is 2.08. The van der Waals surface area contributed by atoms with Crippen molar-refractivity contribution in [1.82, 2.24) is 5.32 Å². The average molecular weight is 273 g/mol. The SMILES string of the molecule is CSC(C)CCNC(C)c1cccc2ccccc12. The Morgan fingerprint density at radius 1 is 1.05 bits per heavy atom. The van der Waals surface area contributed by atoms with Gasteiger partial charge in [0.2, 0.25) is 0 Å². The van der Waals surface area contributed by atoms with Crippen LogP contribution in [0.15, 0.2) is 42.5 Å². The lowest BCUT2D eigenvalue weighted by Gasteiger charge is -2.17. The molecule has 2 aromatic carbocycles. The molecule has 0 bridgehead atoms. The fourth-order valence-electron chi connectivity index (χ4n) is 2.36. The number of hydrogen-bond acceptors (Lipinski definition) is 2. The summed E-state index contributed by atoms with van der Waals surface area (Å²) in [5.41, 5.74) is 1.40. The van der Waals surface area contributed by atoms with E-state index in [0.717, 1.165) is 11.8 Å². The van der Waals surface area contributed by atoms with Gasteiger partial charge in [0, 0.05) is 11.3 Å². The molecular formula is C17H23NS. The molecule has 0 saturated carbocycles. The van der Waals surface area contributed by atoms with Crippen LogP contribution in [0.25, 0.3) is 10.8 Å². The fraction of sp³-hybridized carbons (Fsp3) is 0.412. The van der Waals surface area contributed by atoms with Crippen molar-refractivity contribution in [2.24, 2.45) is 0 Å². The Balaban J connectivity index is 2.07. The number of fused-ring (bicyclic) bond motifs is 1. The predicted molar refractivity (Wildman–Crippen MR) is 88.0 cm³/mol. The molecule has 2 aromatic rings. The van der Waals surface area contributed by atoms with Crippen LogP contribution in [0.2, 0.25) is 0 Å². The minimum absolute atomic E-state index is 0.403. The maximum atomic E-state index is 3.64. The highest BCUT2D eigenvalue weighted by atomic mass is 32.2. The quantitative estimate of drug-likeness (QED) is 0.823. The van der Waals surface area contributed by atoms with Crippen LogP contribution < -0.4 is 5.32 Å². The predicted octanol–water partition coefficient (Wildman–Crippen LogP) is 4.63. The molecule has 2 rings (SSSR count). The van der Waals surface area contributed by atoms with Crippen LogP contribution in [0.5, 0.6) is 0 Å². The van der Waals surface area contributed by atoms with Gasteiger partial charge in [0.1, 0.15) is 0 Å². The van der Waals surface area contributed by atoms with Gasteiger partial charge in [-0.15, -0.1) is 0 Å². The summed E-state index contributed by atoms with van der Waals surface area (Å²) in [6.45, 7) is 5.62. The number of nitrogens with one attached hydrogen (secondary N) is 1. The normalized spacial score (nSPS) is 14.5. The largest absolute Gasteiger partial charge is 0.310 e. The molecule has 2 atom stereocenters. The summed E-state index contributed by atoms with van der Waals surface area (Å²) in [6, 6.07) is 15.6.